The first-order chi connectivity index (χ1) is 7.03. The van der Waals surface area contributed by atoms with Crippen LogP contribution in [0.2, 0.25) is 10.0 Å². The molecule has 0 spiro atoms. The minimum Gasteiger partial charge on any atom is -0.207 e. The predicted molar refractivity (Wildman–Crippen MR) is 54.5 cm³/mol. The lowest BCUT2D eigenvalue weighted by molar-refractivity contribution is -0.137. The second-order valence-electron chi connectivity index (χ2n) is 2.71. The standard InChI is InChI=1S/C7H2Cl3F3O2S/c8-4-1-3(7(11,12)13)2-5(6(4)9)16(10,14)15/h1-2H. The second-order valence-corrected chi connectivity index (χ2v) is 6.03. The van der Waals surface area contributed by atoms with Crippen molar-refractivity contribution in [1.29, 1.82) is 0 Å². The maximum atomic E-state index is 12.3. The van der Waals surface area contributed by atoms with Gasteiger partial charge in [0, 0.05) is 10.7 Å². The van der Waals surface area contributed by atoms with Crippen molar-refractivity contribution < 1.29 is 21.6 Å². The maximum Gasteiger partial charge on any atom is 0.416 e. The summed E-state index contributed by atoms with van der Waals surface area (Å²) >= 11 is 10.8. The second kappa shape index (κ2) is 4.25. The van der Waals surface area contributed by atoms with E-state index in [0.29, 0.717) is 12.1 Å². The van der Waals surface area contributed by atoms with E-state index in [1.807, 2.05) is 0 Å². The zero-order valence-electron chi connectivity index (χ0n) is 7.15. The highest BCUT2D eigenvalue weighted by Crippen LogP contribution is 2.38. The molecule has 0 aliphatic carbocycles. The van der Waals surface area contributed by atoms with Crippen molar-refractivity contribution in [2.75, 3.05) is 0 Å². The van der Waals surface area contributed by atoms with E-state index in [4.69, 9.17) is 33.9 Å². The zero-order chi connectivity index (χ0) is 12.7. The van der Waals surface area contributed by atoms with Crippen LogP contribution in [-0.2, 0) is 15.2 Å². The third-order valence-electron chi connectivity index (χ3n) is 1.58. The van der Waals surface area contributed by atoms with Crippen molar-refractivity contribution >= 4 is 42.9 Å². The fraction of sp³-hybridized carbons (Fsp3) is 0.143. The van der Waals surface area contributed by atoms with Crippen LogP contribution >= 0.6 is 33.9 Å². The monoisotopic (exact) mass is 312 g/mol. The molecule has 1 rings (SSSR count). The van der Waals surface area contributed by atoms with E-state index in [9.17, 15) is 21.6 Å². The Bertz CT molecular complexity index is 524. The van der Waals surface area contributed by atoms with Crippen LogP contribution in [0.15, 0.2) is 17.0 Å². The summed E-state index contributed by atoms with van der Waals surface area (Å²) < 4.78 is 58.9. The molecule has 0 atom stereocenters. The van der Waals surface area contributed by atoms with Gasteiger partial charge in [-0.25, -0.2) is 8.42 Å². The Hall–Kier alpha value is -0.170. The van der Waals surface area contributed by atoms with Crippen LogP contribution in [0, 0.1) is 0 Å². The lowest BCUT2D eigenvalue weighted by atomic mass is 10.2. The number of hydrogen-bond donors (Lipinski definition) is 0. The Balaban J connectivity index is 3.59. The zero-order valence-corrected chi connectivity index (χ0v) is 10.2. The van der Waals surface area contributed by atoms with Gasteiger partial charge in [0.25, 0.3) is 9.05 Å². The molecule has 0 unspecified atom stereocenters. The topological polar surface area (TPSA) is 34.1 Å². The molecule has 0 saturated heterocycles. The number of halogens is 6. The summed E-state index contributed by atoms with van der Waals surface area (Å²) in [5, 5.41) is -1.07. The van der Waals surface area contributed by atoms with E-state index >= 15 is 0 Å². The summed E-state index contributed by atoms with van der Waals surface area (Å²) in [6, 6.07) is 0.853. The molecule has 0 bridgehead atoms. The van der Waals surface area contributed by atoms with Crippen LogP contribution in [0.3, 0.4) is 0 Å². The van der Waals surface area contributed by atoms with Gasteiger partial charge in [0.05, 0.1) is 15.6 Å². The molecule has 2 nitrogen and oxygen atoms in total. The van der Waals surface area contributed by atoms with Gasteiger partial charge in [0.2, 0.25) is 0 Å². The first-order valence-electron chi connectivity index (χ1n) is 3.54. The van der Waals surface area contributed by atoms with Gasteiger partial charge in [-0.05, 0) is 12.1 Å². The van der Waals surface area contributed by atoms with Gasteiger partial charge in [-0.3, -0.25) is 0 Å². The van der Waals surface area contributed by atoms with Gasteiger partial charge in [0.15, 0.2) is 0 Å². The molecular weight excluding hydrogens is 311 g/mol. The number of benzene rings is 1. The molecule has 0 aromatic heterocycles. The van der Waals surface area contributed by atoms with Crippen LogP contribution in [0.25, 0.3) is 0 Å². The normalized spacial score (nSPS) is 12.9. The van der Waals surface area contributed by atoms with Crippen LogP contribution in [-0.4, -0.2) is 8.42 Å². The summed E-state index contributed by atoms with van der Waals surface area (Å²) in [7, 11) is 0.537. The molecule has 90 valence electrons. The average molecular weight is 314 g/mol. The molecule has 1 aromatic carbocycles. The summed E-state index contributed by atoms with van der Waals surface area (Å²) in [4.78, 5) is -0.865. The number of rotatable bonds is 1. The summed E-state index contributed by atoms with van der Waals surface area (Å²) in [5.41, 5.74) is -1.24. The SMILES string of the molecule is O=S(=O)(Cl)c1cc(C(F)(F)F)cc(Cl)c1Cl. The van der Waals surface area contributed by atoms with E-state index in [2.05, 4.69) is 0 Å². The van der Waals surface area contributed by atoms with Gasteiger partial charge in [-0.2, -0.15) is 13.2 Å². The van der Waals surface area contributed by atoms with Gasteiger partial charge in [-0.15, -0.1) is 0 Å². The van der Waals surface area contributed by atoms with Crippen molar-refractivity contribution in [2.45, 2.75) is 11.1 Å². The molecule has 16 heavy (non-hydrogen) atoms. The highest BCUT2D eigenvalue weighted by molar-refractivity contribution is 8.13. The van der Waals surface area contributed by atoms with Crippen molar-refractivity contribution in [3.8, 4) is 0 Å². The third-order valence-corrected chi connectivity index (χ3v) is 3.84. The fourth-order valence-corrected chi connectivity index (χ4v) is 2.67. The van der Waals surface area contributed by atoms with Gasteiger partial charge >= 0.3 is 6.18 Å². The van der Waals surface area contributed by atoms with Gasteiger partial charge in [0.1, 0.15) is 4.90 Å². The molecule has 0 saturated carbocycles. The summed E-state index contributed by atoms with van der Waals surface area (Å²) in [5.74, 6) is 0. The molecule has 0 amide bonds. The Morgan fingerprint density at radius 2 is 1.62 bits per heavy atom. The first kappa shape index (κ1) is 13.9. The molecule has 0 aliphatic rings. The highest BCUT2D eigenvalue weighted by atomic mass is 35.7. The van der Waals surface area contributed by atoms with Crippen LogP contribution in [0.4, 0.5) is 13.2 Å². The first-order valence-corrected chi connectivity index (χ1v) is 6.61. The van der Waals surface area contributed by atoms with E-state index in [-0.39, 0.29) is 0 Å². The van der Waals surface area contributed by atoms with Crippen molar-refractivity contribution in [3.05, 3.63) is 27.7 Å². The lowest BCUT2D eigenvalue weighted by Gasteiger charge is -2.10. The average Bonchev–Trinajstić information content (AvgIpc) is 2.05. The molecule has 0 heterocycles. The Morgan fingerprint density at radius 3 is 2.00 bits per heavy atom. The third kappa shape index (κ3) is 2.94. The largest absolute Gasteiger partial charge is 0.416 e. The van der Waals surface area contributed by atoms with Crippen molar-refractivity contribution in [3.63, 3.8) is 0 Å². The van der Waals surface area contributed by atoms with Crippen LogP contribution < -0.4 is 0 Å². The van der Waals surface area contributed by atoms with Gasteiger partial charge in [-0.1, -0.05) is 23.2 Å². The summed E-state index contributed by atoms with van der Waals surface area (Å²) in [6.07, 6.45) is -4.73. The fourth-order valence-electron chi connectivity index (χ4n) is 0.905. The van der Waals surface area contributed by atoms with E-state index in [1.165, 1.54) is 0 Å². The molecule has 0 N–H and O–H groups in total. The summed E-state index contributed by atoms with van der Waals surface area (Å²) in [6.45, 7) is 0. The number of alkyl halides is 3. The van der Waals surface area contributed by atoms with Crippen LogP contribution in [0.1, 0.15) is 5.56 Å². The lowest BCUT2D eigenvalue weighted by Crippen LogP contribution is -2.07. The molecule has 0 fully saturated rings. The number of hydrogen-bond acceptors (Lipinski definition) is 2. The minimum atomic E-state index is -4.73. The van der Waals surface area contributed by atoms with Crippen molar-refractivity contribution in [1.82, 2.24) is 0 Å². The molecule has 0 aliphatic heterocycles. The molecule has 1 aromatic rings. The Morgan fingerprint density at radius 1 is 1.12 bits per heavy atom. The quantitative estimate of drug-likeness (QED) is 0.736. The van der Waals surface area contributed by atoms with Crippen molar-refractivity contribution in [2.24, 2.45) is 0 Å². The van der Waals surface area contributed by atoms with E-state index in [1.54, 1.807) is 0 Å². The van der Waals surface area contributed by atoms with Gasteiger partial charge < -0.3 is 0 Å². The van der Waals surface area contributed by atoms with Crippen LogP contribution in [0.5, 0.6) is 0 Å². The maximum absolute atomic E-state index is 12.3. The van der Waals surface area contributed by atoms with E-state index in [0.717, 1.165) is 0 Å². The minimum absolute atomic E-state index is 0.330. The molecular formula is C7H2Cl3F3O2S. The van der Waals surface area contributed by atoms with E-state index < -0.39 is 35.7 Å². The highest BCUT2D eigenvalue weighted by Gasteiger charge is 2.33. The Kier molecular flexibility index (Phi) is 3.69. The molecule has 9 heteroatoms. The smallest absolute Gasteiger partial charge is 0.207 e. The molecule has 0 radical (unpaired) electrons. The Labute approximate surface area is 103 Å². The predicted octanol–water partition coefficient (Wildman–Crippen LogP) is 3.94.